The van der Waals surface area contributed by atoms with E-state index in [2.05, 4.69) is 87.7 Å². The van der Waals surface area contributed by atoms with Gasteiger partial charge in [-0.05, 0) is 105 Å². The quantitative estimate of drug-likeness (QED) is 0.229. The Kier molecular flexibility index (Phi) is 9.07. The predicted molar refractivity (Wildman–Crippen MR) is 145 cm³/mol. The Hall–Kier alpha value is -3.86. The molecule has 0 heterocycles. The highest BCUT2D eigenvalue weighted by molar-refractivity contribution is 5.88. The molecule has 0 unspecified atom stereocenters. The van der Waals surface area contributed by atoms with Crippen molar-refractivity contribution < 1.29 is 19.1 Å². The van der Waals surface area contributed by atoms with Crippen LogP contribution in [-0.4, -0.2) is 25.2 Å². The second-order valence-electron chi connectivity index (χ2n) is 9.02. The number of esters is 2. The van der Waals surface area contributed by atoms with Gasteiger partial charge in [0, 0.05) is 23.5 Å². The van der Waals surface area contributed by atoms with Gasteiger partial charge in [-0.1, -0.05) is 30.8 Å². The van der Waals surface area contributed by atoms with Crippen LogP contribution in [0.4, 0.5) is 17.1 Å². The highest BCUT2D eigenvalue weighted by Crippen LogP contribution is 2.36. The molecule has 0 aliphatic rings. The molecule has 0 radical (unpaired) electrons. The van der Waals surface area contributed by atoms with Gasteiger partial charge in [0.25, 0.3) is 0 Å². The van der Waals surface area contributed by atoms with Crippen LogP contribution in [0.3, 0.4) is 0 Å². The number of rotatable bonds is 10. The maximum Gasteiger partial charge on any atom is 0.336 e. The lowest BCUT2D eigenvalue weighted by molar-refractivity contribution is -0.144. The molecule has 188 valence electrons. The Morgan fingerprint density at radius 1 is 0.750 bits per heavy atom. The normalized spacial score (nSPS) is 10.6. The summed E-state index contributed by atoms with van der Waals surface area (Å²) in [6.45, 7) is 13.9. The van der Waals surface area contributed by atoms with Gasteiger partial charge in [-0.3, -0.25) is 4.79 Å². The highest BCUT2D eigenvalue weighted by atomic mass is 16.5. The number of aryl methyl sites for hydroxylation is 5. The van der Waals surface area contributed by atoms with Gasteiger partial charge in [0.15, 0.2) is 0 Å². The van der Waals surface area contributed by atoms with Crippen LogP contribution in [0.5, 0.6) is 0 Å². The fourth-order valence-electron chi connectivity index (χ4n) is 3.77. The van der Waals surface area contributed by atoms with Gasteiger partial charge in [0.05, 0.1) is 12.2 Å². The summed E-state index contributed by atoms with van der Waals surface area (Å²) in [5.41, 5.74) is 9.38. The highest BCUT2D eigenvalue weighted by Gasteiger charge is 2.15. The van der Waals surface area contributed by atoms with Gasteiger partial charge in [-0.15, -0.1) is 0 Å². The van der Waals surface area contributed by atoms with Crippen LogP contribution in [-0.2, 0) is 25.5 Å². The van der Waals surface area contributed by atoms with E-state index < -0.39 is 5.97 Å². The lowest BCUT2D eigenvalue weighted by atomic mass is 10.0. The zero-order chi connectivity index (χ0) is 26.2. The van der Waals surface area contributed by atoms with E-state index >= 15 is 0 Å². The fourth-order valence-corrected chi connectivity index (χ4v) is 3.77. The zero-order valence-corrected chi connectivity index (χ0v) is 21.9. The summed E-state index contributed by atoms with van der Waals surface area (Å²) in [4.78, 5) is 26.0. The van der Waals surface area contributed by atoms with Crippen molar-refractivity contribution in [2.75, 3.05) is 18.1 Å². The van der Waals surface area contributed by atoms with Gasteiger partial charge < -0.3 is 14.4 Å². The minimum Gasteiger partial charge on any atom is -0.463 e. The van der Waals surface area contributed by atoms with E-state index in [4.69, 9.17) is 9.47 Å². The molecule has 0 saturated carbocycles. The standard InChI is InChI=1S/C31H35NO4/c1-7-35-31(34)25(6)20-36-30(33)17-12-26-10-15-27(16-11-26)32(28-13-8-21(2)23(4)18-28)29-14-9-22(3)24(5)19-29/h8-11,13-16,18-19H,6-7,12,17,20H2,1-5H3. The van der Waals surface area contributed by atoms with Crippen molar-refractivity contribution in [1.29, 1.82) is 0 Å². The third kappa shape index (κ3) is 6.85. The van der Waals surface area contributed by atoms with Gasteiger partial charge in [-0.2, -0.15) is 0 Å². The second kappa shape index (κ2) is 12.2. The predicted octanol–water partition coefficient (Wildman–Crippen LogP) is 6.99. The number of ether oxygens (including phenoxy) is 2. The largest absolute Gasteiger partial charge is 0.463 e. The number of benzene rings is 3. The smallest absolute Gasteiger partial charge is 0.336 e. The monoisotopic (exact) mass is 485 g/mol. The van der Waals surface area contributed by atoms with Crippen LogP contribution in [0.15, 0.2) is 72.8 Å². The van der Waals surface area contributed by atoms with Crippen molar-refractivity contribution >= 4 is 29.0 Å². The molecule has 0 atom stereocenters. The molecule has 5 nitrogen and oxygen atoms in total. The molecule has 3 aromatic rings. The van der Waals surface area contributed by atoms with Crippen LogP contribution >= 0.6 is 0 Å². The summed E-state index contributed by atoms with van der Waals surface area (Å²) in [5.74, 6) is -0.922. The van der Waals surface area contributed by atoms with Gasteiger partial charge in [0.1, 0.15) is 6.61 Å². The maximum absolute atomic E-state index is 12.1. The van der Waals surface area contributed by atoms with Gasteiger partial charge >= 0.3 is 11.9 Å². The molecule has 0 aliphatic carbocycles. The first-order valence-electron chi connectivity index (χ1n) is 12.2. The van der Waals surface area contributed by atoms with E-state index in [9.17, 15) is 9.59 Å². The average molecular weight is 486 g/mol. The Morgan fingerprint density at radius 3 is 1.78 bits per heavy atom. The average Bonchev–Trinajstić information content (AvgIpc) is 2.86. The molecular weight excluding hydrogens is 450 g/mol. The molecule has 3 aromatic carbocycles. The van der Waals surface area contributed by atoms with Crippen molar-refractivity contribution in [2.24, 2.45) is 0 Å². The number of carbonyl (C=O) groups is 2. The molecule has 0 fully saturated rings. The Morgan fingerprint density at radius 2 is 1.28 bits per heavy atom. The Balaban J connectivity index is 1.73. The van der Waals surface area contributed by atoms with E-state index in [0.29, 0.717) is 6.42 Å². The van der Waals surface area contributed by atoms with Crippen molar-refractivity contribution in [2.45, 2.75) is 47.5 Å². The molecule has 0 N–H and O–H groups in total. The van der Waals surface area contributed by atoms with Crippen molar-refractivity contribution in [3.63, 3.8) is 0 Å². The number of anilines is 3. The molecule has 36 heavy (non-hydrogen) atoms. The summed E-state index contributed by atoms with van der Waals surface area (Å²) in [6, 6.07) is 21.2. The number of nitrogens with zero attached hydrogens (tertiary/aromatic N) is 1. The molecule has 0 aromatic heterocycles. The van der Waals surface area contributed by atoms with E-state index in [1.807, 2.05) is 12.1 Å². The molecule has 0 saturated heterocycles. The third-order valence-corrected chi connectivity index (χ3v) is 6.28. The van der Waals surface area contributed by atoms with E-state index in [0.717, 1.165) is 22.6 Å². The number of hydrogen-bond donors (Lipinski definition) is 0. The van der Waals surface area contributed by atoms with Gasteiger partial charge in [0.2, 0.25) is 0 Å². The Bertz CT molecular complexity index is 1190. The summed E-state index contributed by atoms with van der Waals surface area (Å²) >= 11 is 0. The number of hydrogen-bond acceptors (Lipinski definition) is 5. The topological polar surface area (TPSA) is 55.8 Å². The van der Waals surface area contributed by atoms with Gasteiger partial charge in [-0.25, -0.2) is 4.79 Å². The first-order valence-corrected chi connectivity index (χ1v) is 12.2. The Labute approximate surface area is 214 Å². The third-order valence-electron chi connectivity index (χ3n) is 6.28. The zero-order valence-electron chi connectivity index (χ0n) is 21.9. The van der Waals surface area contributed by atoms with Crippen LogP contribution in [0.2, 0.25) is 0 Å². The molecular formula is C31H35NO4. The second-order valence-corrected chi connectivity index (χ2v) is 9.02. The first-order chi connectivity index (χ1) is 17.2. The van der Waals surface area contributed by atoms with Crippen LogP contribution in [0.25, 0.3) is 0 Å². The molecule has 0 amide bonds. The van der Waals surface area contributed by atoms with Crippen LogP contribution in [0, 0.1) is 27.7 Å². The minimum absolute atomic E-state index is 0.132. The lowest BCUT2D eigenvalue weighted by Crippen LogP contribution is -2.15. The maximum atomic E-state index is 12.1. The first kappa shape index (κ1) is 26.7. The summed E-state index contributed by atoms with van der Waals surface area (Å²) in [5, 5.41) is 0. The number of carbonyl (C=O) groups excluding carboxylic acids is 2. The van der Waals surface area contributed by atoms with Crippen molar-refractivity contribution in [3.05, 3.63) is 101 Å². The SMILES string of the molecule is C=C(COC(=O)CCc1ccc(N(c2ccc(C)c(C)c2)c2ccc(C)c(C)c2)cc1)C(=O)OCC. The summed E-state index contributed by atoms with van der Waals surface area (Å²) in [6.07, 6.45) is 0.756. The van der Waals surface area contributed by atoms with E-state index in [1.165, 1.54) is 22.3 Å². The minimum atomic E-state index is -0.544. The molecule has 0 bridgehead atoms. The molecule has 0 spiro atoms. The fraction of sp³-hybridized carbons (Fsp3) is 0.290. The van der Waals surface area contributed by atoms with Crippen LogP contribution in [0.1, 0.15) is 41.2 Å². The summed E-state index contributed by atoms with van der Waals surface area (Å²) in [7, 11) is 0. The van der Waals surface area contributed by atoms with Crippen LogP contribution < -0.4 is 4.90 Å². The summed E-state index contributed by atoms with van der Waals surface area (Å²) < 4.78 is 10.0. The molecule has 5 heteroatoms. The van der Waals surface area contributed by atoms with E-state index in [1.54, 1.807) is 6.92 Å². The van der Waals surface area contributed by atoms with E-state index in [-0.39, 0.29) is 31.2 Å². The lowest BCUT2D eigenvalue weighted by Gasteiger charge is -2.27. The molecule has 3 rings (SSSR count). The van der Waals surface area contributed by atoms with Crippen molar-refractivity contribution in [1.82, 2.24) is 0 Å². The molecule has 0 aliphatic heterocycles. The van der Waals surface area contributed by atoms with Crippen molar-refractivity contribution in [3.8, 4) is 0 Å².